The topological polar surface area (TPSA) is 113 Å². The van der Waals surface area contributed by atoms with Crippen molar-refractivity contribution in [2.45, 2.75) is 36.1 Å². The summed E-state index contributed by atoms with van der Waals surface area (Å²) in [7, 11) is -2.44. The summed E-state index contributed by atoms with van der Waals surface area (Å²) in [6, 6.07) is 17.2. The lowest BCUT2D eigenvalue weighted by Crippen LogP contribution is -2.27. The van der Waals surface area contributed by atoms with E-state index < -0.39 is 21.7 Å². The molecule has 1 aromatic heterocycles. The van der Waals surface area contributed by atoms with E-state index in [-0.39, 0.29) is 26.7 Å². The zero-order valence-corrected chi connectivity index (χ0v) is 18.3. The summed E-state index contributed by atoms with van der Waals surface area (Å²) >= 11 is 0. The molecule has 3 aromatic rings. The molecule has 0 fully saturated rings. The number of hydrogen-bond acceptors (Lipinski definition) is 4. The number of nitrogens with two attached hydrogens (primary N) is 1. The summed E-state index contributed by atoms with van der Waals surface area (Å²) in [5.41, 5.74) is 6.51. The first-order valence-electron chi connectivity index (χ1n) is 9.91. The molecule has 0 aliphatic rings. The van der Waals surface area contributed by atoms with Crippen molar-refractivity contribution in [3.05, 3.63) is 83.2 Å². The van der Waals surface area contributed by atoms with Gasteiger partial charge in [0, 0.05) is 19.2 Å². The molecular formula is C23H25N3O4S. The molecule has 0 saturated carbocycles. The summed E-state index contributed by atoms with van der Waals surface area (Å²) in [6.07, 6.45) is 0.876. The molecule has 0 radical (unpaired) electrons. The predicted octanol–water partition coefficient (Wildman–Crippen LogP) is 3.17. The summed E-state index contributed by atoms with van der Waals surface area (Å²) in [4.78, 5) is 29.4. The molecule has 0 atom stereocenters. The average Bonchev–Trinajstić information content (AvgIpc) is 3.15. The van der Waals surface area contributed by atoms with Crippen molar-refractivity contribution in [3.63, 3.8) is 0 Å². The molecule has 8 heteroatoms. The molecule has 1 heterocycles. The minimum atomic E-state index is -4.07. The van der Waals surface area contributed by atoms with Crippen molar-refractivity contribution in [1.82, 2.24) is 9.88 Å². The molecule has 2 amide bonds. The number of nitrogens with zero attached hydrogens (tertiary/aromatic N) is 1. The Labute approximate surface area is 181 Å². The molecule has 0 saturated heterocycles. The van der Waals surface area contributed by atoms with Gasteiger partial charge in [-0.05, 0) is 24.1 Å². The van der Waals surface area contributed by atoms with Gasteiger partial charge >= 0.3 is 0 Å². The lowest BCUT2D eigenvalue weighted by Gasteiger charge is -2.17. The van der Waals surface area contributed by atoms with Gasteiger partial charge in [0.1, 0.15) is 16.3 Å². The molecule has 2 aromatic carbocycles. The second-order valence-electron chi connectivity index (χ2n) is 7.26. The highest BCUT2D eigenvalue weighted by atomic mass is 32.2. The van der Waals surface area contributed by atoms with Crippen molar-refractivity contribution in [2.75, 3.05) is 7.05 Å². The first-order valence-corrected chi connectivity index (χ1v) is 11.4. The molecule has 0 bridgehead atoms. The van der Waals surface area contributed by atoms with Crippen molar-refractivity contribution in [2.24, 2.45) is 5.73 Å². The Bertz CT molecular complexity index is 1190. The summed E-state index contributed by atoms with van der Waals surface area (Å²) in [5, 5.41) is 0. The van der Waals surface area contributed by atoms with Gasteiger partial charge in [-0.15, -0.1) is 0 Å². The van der Waals surface area contributed by atoms with Crippen LogP contribution in [0, 0.1) is 0 Å². The molecular weight excluding hydrogens is 414 g/mol. The van der Waals surface area contributed by atoms with Gasteiger partial charge in [-0.25, -0.2) is 8.42 Å². The van der Waals surface area contributed by atoms with Gasteiger partial charge in [-0.3, -0.25) is 9.59 Å². The third-order valence-electron chi connectivity index (χ3n) is 4.94. The van der Waals surface area contributed by atoms with Crippen LogP contribution in [0.1, 0.15) is 45.4 Å². The first-order chi connectivity index (χ1) is 14.8. The largest absolute Gasteiger partial charge is 0.364 e. The van der Waals surface area contributed by atoms with Gasteiger partial charge in [0.25, 0.3) is 11.8 Å². The number of amides is 2. The van der Waals surface area contributed by atoms with Gasteiger partial charge in [0.05, 0.1) is 4.90 Å². The lowest BCUT2D eigenvalue weighted by atomic mass is 10.1. The predicted molar refractivity (Wildman–Crippen MR) is 117 cm³/mol. The maximum Gasteiger partial charge on any atom is 0.270 e. The Morgan fingerprint density at radius 3 is 2.10 bits per heavy atom. The standard InChI is InChI=1S/C23H25N3O4S/c1-3-10-18-19(23(28)26(2)15-16-11-6-4-7-12-16)25-20(22(24)27)21(18)31(29,30)17-13-8-5-9-14-17/h4-9,11-14,25H,3,10,15H2,1-2H3,(H2,24,27). The van der Waals surface area contributed by atoms with Gasteiger partial charge in [0.15, 0.2) is 0 Å². The Kier molecular flexibility index (Phi) is 6.60. The van der Waals surface area contributed by atoms with E-state index in [0.29, 0.717) is 19.4 Å². The third kappa shape index (κ3) is 4.54. The van der Waals surface area contributed by atoms with E-state index in [2.05, 4.69) is 4.98 Å². The zero-order valence-electron chi connectivity index (χ0n) is 17.5. The number of aromatic nitrogens is 1. The van der Waals surface area contributed by atoms with Crippen LogP contribution in [0.15, 0.2) is 70.5 Å². The maximum absolute atomic E-state index is 13.4. The molecule has 31 heavy (non-hydrogen) atoms. The Morgan fingerprint density at radius 2 is 1.55 bits per heavy atom. The monoisotopic (exact) mass is 439 g/mol. The van der Waals surface area contributed by atoms with E-state index in [1.807, 2.05) is 37.3 Å². The summed E-state index contributed by atoms with van der Waals surface area (Å²) in [5.74, 6) is -1.35. The molecule has 7 nitrogen and oxygen atoms in total. The second kappa shape index (κ2) is 9.18. The number of H-pyrrole nitrogens is 1. The van der Waals surface area contributed by atoms with Crippen LogP contribution in [0.3, 0.4) is 0 Å². The molecule has 0 spiro atoms. The Hall–Kier alpha value is -3.39. The second-order valence-corrected chi connectivity index (χ2v) is 9.15. The van der Waals surface area contributed by atoms with Gasteiger partial charge in [-0.1, -0.05) is 61.9 Å². The summed E-state index contributed by atoms with van der Waals surface area (Å²) < 4.78 is 26.8. The number of rotatable bonds is 8. The molecule has 3 N–H and O–H groups in total. The highest BCUT2D eigenvalue weighted by molar-refractivity contribution is 7.91. The minimum Gasteiger partial charge on any atom is -0.364 e. The number of benzene rings is 2. The van der Waals surface area contributed by atoms with E-state index >= 15 is 0 Å². The molecule has 0 unspecified atom stereocenters. The molecule has 0 aliphatic heterocycles. The van der Waals surface area contributed by atoms with E-state index in [1.54, 1.807) is 25.2 Å². The van der Waals surface area contributed by atoms with Crippen molar-refractivity contribution >= 4 is 21.7 Å². The van der Waals surface area contributed by atoms with E-state index in [4.69, 9.17) is 5.73 Å². The average molecular weight is 440 g/mol. The third-order valence-corrected chi connectivity index (χ3v) is 6.83. The smallest absolute Gasteiger partial charge is 0.270 e. The fraction of sp³-hybridized carbons (Fsp3) is 0.217. The van der Waals surface area contributed by atoms with Crippen LogP contribution in [0.25, 0.3) is 0 Å². The number of nitrogens with one attached hydrogen (secondary N) is 1. The van der Waals surface area contributed by atoms with Crippen LogP contribution in [0.5, 0.6) is 0 Å². The van der Waals surface area contributed by atoms with Gasteiger partial charge in [0.2, 0.25) is 9.84 Å². The van der Waals surface area contributed by atoms with E-state index in [9.17, 15) is 18.0 Å². The number of carbonyl (C=O) groups excluding carboxylic acids is 2. The zero-order chi connectivity index (χ0) is 22.6. The lowest BCUT2D eigenvalue weighted by molar-refractivity contribution is 0.0778. The normalized spacial score (nSPS) is 11.3. The van der Waals surface area contributed by atoms with Crippen LogP contribution in [-0.4, -0.2) is 37.2 Å². The Balaban J connectivity index is 2.13. The summed E-state index contributed by atoms with van der Waals surface area (Å²) in [6.45, 7) is 2.20. The number of sulfone groups is 1. The van der Waals surface area contributed by atoms with Crippen molar-refractivity contribution in [3.8, 4) is 0 Å². The molecule has 162 valence electrons. The van der Waals surface area contributed by atoms with E-state index in [0.717, 1.165) is 5.56 Å². The van der Waals surface area contributed by atoms with Crippen LogP contribution < -0.4 is 5.73 Å². The maximum atomic E-state index is 13.4. The highest BCUT2D eigenvalue weighted by Crippen LogP contribution is 2.31. The van der Waals surface area contributed by atoms with Gasteiger partial charge < -0.3 is 15.6 Å². The quantitative estimate of drug-likeness (QED) is 0.561. The fourth-order valence-electron chi connectivity index (χ4n) is 3.50. The van der Waals surface area contributed by atoms with Crippen LogP contribution in [0.2, 0.25) is 0 Å². The van der Waals surface area contributed by atoms with Crippen molar-refractivity contribution in [1.29, 1.82) is 0 Å². The highest BCUT2D eigenvalue weighted by Gasteiger charge is 2.33. The van der Waals surface area contributed by atoms with Crippen LogP contribution in [0.4, 0.5) is 0 Å². The number of carbonyl (C=O) groups is 2. The van der Waals surface area contributed by atoms with Crippen LogP contribution in [-0.2, 0) is 22.8 Å². The molecule has 0 aliphatic carbocycles. The van der Waals surface area contributed by atoms with Gasteiger partial charge in [-0.2, -0.15) is 0 Å². The van der Waals surface area contributed by atoms with E-state index in [1.165, 1.54) is 17.0 Å². The Morgan fingerprint density at radius 1 is 0.968 bits per heavy atom. The first kappa shape index (κ1) is 22.3. The number of hydrogen-bond donors (Lipinski definition) is 2. The SMILES string of the molecule is CCCc1c(C(=O)N(C)Cc2ccccc2)[nH]c(C(N)=O)c1S(=O)(=O)c1ccccc1. The fourth-order valence-corrected chi connectivity index (χ4v) is 5.20. The van der Waals surface area contributed by atoms with Crippen molar-refractivity contribution < 1.29 is 18.0 Å². The van der Waals surface area contributed by atoms with Crippen LogP contribution >= 0.6 is 0 Å². The minimum absolute atomic E-state index is 0.0329. The number of aromatic amines is 1. The number of primary amides is 1. The molecule has 3 rings (SSSR count).